The van der Waals surface area contributed by atoms with E-state index in [9.17, 15) is 9.59 Å². The number of hydrogen-bond acceptors (Lipinski definition) is 4. The molecule has 1 aromatic carbocycles. The number of likely N-dealkylation sites (tertiary alicyclic amines) is 2. The number of carbonyl (C=O) groups excluding carboxylic acids is 2. The van der Waals surface area contributed by atoms with Crippen molar-refractivity contribution in [2.75, 3.05) is 19.6 Å². The molecular weight excluding hydrogens is 380 g/mol. The third-order valence-electron chi connectivity index (χ3n) is 6.42. The maximum Gasteiger partial charge on any atom is 0.272 e. The number of aromatic amines is 1. The summed E-state index contributed by atoms with van der Waals surface area (Å²) in [6, 6.07) is 9.83. The molecule has 4 heterocycles. The number of carbonyl (C=O) groups is 2. The van der Waals surface area contributed by atoms with Crippen molar-refractivity contribution in [1.82, 2.24) is 19.8 Å². The fraction of sp³-hybridized carbons (Fsp3) is 0.348. The Hall–Kier alpha value is -3.35. The molecule has 3 atom stereocenters. The van der Waals surface area contributed by atoms with Crippen LogP contribution in [0.2, 0.25) is 0 Å². The molecule has 2 fully saturated rings. The average molecular weight is 404 g/mol. The van der Waals surface area contributed by atoms with Crippen LogP contribution in [0.4, 0.5) is 0 Å². The predicted octanol–water partition coefficient (Wildman–Crippen LogP) is 3.21. The highest BCUT2D eigenvalue weighted by molar-refractivity contribution is 5.94. The highest BCUT2D eigenvalue weighted by atomic mass is 16.3. The molecule has 7 heteroatoms. The van der Waals surface area contributed by atoms with Crippen LogP contribution in [0.25, 0.3) is 0 Å². The molecule has 0 aliphatic carbocycles. The number of H-pyrrole nitrogens is 1. The fourth-order valence-corrected chi connectivity index (χ4v) is 4.99. The molecule has 0 unspecified atom stereocenters. The number of hydrogen-bond donors (Lipinski definition) is 1. The SMILES string of the molecule is Cc1ncc(C(=O)N2C[C@@H]3CN(C(=O)c4ccoc4)C[C@@H]3[C@@H]2c2ccccc2C)[nH]1. The lowest BCUT2D eigenvalue weighted by molar-refractivity contribution is 0.0672. The minimum absolute atomic E-state index is 0.0104. The molecule has 2 amide bonds. The Labute approximate surface area is 174 Å². The van der Waals surface area contributed by atoms with Crippen molar-refractivity contribution >= 4 is 11.8 Å². The summed E-state index contributed by atoms with van der Waals surface area (Å²) in [6.45, 7) is 5.81. The lowest BCUT2D eigenvalue weighted by Crippen LogP contribution is -2.37. The molecule has 2 aliphatic rings. The summed E-state index contributed by atoms with van der Waals surface area (Å²) in [4.78, 5) is 37.3. The van der Waals surface area contributed by atoms with Gasteiger partial charge < -0.3 is 19.2 Å². The van der Waals surface area contributed by atoms with E-state index in [-0.39, 0.29) is 29.7 Å². The molecule has 0 saturated carbocycles. The first kappa shape index (κ1) is 18.7. The molecular formula is C23H24N4O3. The van der Waals surface area contributed by atoms with E-state index < -0.39 is 0 Å². The summed E-state index contributed by atoms with van der Waals surface area (Å²) < 4.78 is 5.09. The zero-order valence-electron chi connectivity index (χ0n) is 17.0. The molecule has 2 saturated heterocycles. The quantitative estimate of drug-likeness (QED) is 0.727. The van der Waals surface area contributed by atoms with Gasteiger partial charge in [-0.15, -0.1) is 0 Å². The van der Waals surface area contributed by atoms with Gasteiger partial charge in [-0.05, 0) is 31.0 Å². The van der Waals surface area contributed by atoms with E-state index in [1.54, 1.807) is 12.3 Å². The minimum Gasteiger partial charge on any atom is -0.472 e. The molecule has 5 rings (SSSR count). The third-order valence-corrected chi connectivity index (χ3v) is 6.42. The van der Waals surface area contributed by atoms with Crippen molar-refractivity contribution in [1.29, 1.82) is 0 Å². The van der Waals surface area contributed by atoms with E-state index in [1.165, 1.54) is 12.5 Å². The second-order valence-corrected chi connectivity index (χ2v) is 8.29. The zero-order chi connectivity index (χ0) is 20.8. The molecule has 1 N–H and O–H groups in total. The van der Waals surface area contributed by atoms with Crippen molar-refractivity contribution in [3.8, 4) is 0 Å². The summed E-state index contributed by atoms with van der Waals surface area (Å²) in [5.74, 6) is 1.10. The zero-order valence-corrected chi connectivity index (χ0v) is 17.0. The summed E-state index contributed by atoms with van der Waals surface area (Å²) >= 11 is 0. The van der Waals surface area contributed by atoms with E-state index in [2.05, 4.69) is 29.0 Å². The summed E-state index contributed by atoms with van der Waals surface area (Å²) in [5, 5.41) is 0. The van der Waals surface area contributed by atoms with Gasteiger partial charge in [0.1, 0.15) is 17.8 Å². The van der Waals surface area contributed by atoms with Crippen LogP contribution >= 0.6 is 0 Å². The third kappa shape index (κ3) is 3.01. The number of benzene rings is 1. The van der Waals surface area contributed by atoms with E-state index in [0.717, 1.165) is 17.0 Å². The van der Waals surface area contributed by atoms with Crippen LogP contribution in [0.1, 0.15) is 43.8 Å². The van der Waals surface area contributed by atoms with E-state index >= 15 is 0 Å². The number of nitrogens with one attached hydrogen (secondary N) is 1. The molecule has 7 nitrogen and oxygen atoms in total. The van der Waals surface area contributed by atoms with Crippen LogP contribution in [0, 0.1) is 25.7 Å². The smallest absolute Gasteiger partial charge is 0.272 e. The van der Waals surface area contributed by atoms with E-state index in [0.29, 0.717) is 30.9 Å². The Kier molecular flexibility index (Phi) is 4.46. The van der Waals surface area contributed by atoms with Gasteiger partial charge in [-0.3, -0.25) is 9.59 Å². The van der Waals surface area contributed by atoms with Crippen LogP contribution in [0.3, 0.4) is 0 Å². The maximum atomic E-state index is 13.4. The van der Waals surface area contributed by atoms with Gasteiger partial charge in [-0.25, -0.2) is 4.98 Å². The normalized spacial score (nSPS) is 23.1. The van der Waals surface area contributed by atoms with Crippen LogP contribution in [0.15, 0.2) is 53.5 Å². The van der Waals surface area contributed by atoms with Crippen LogP contribution in [-0.4, -0.2) is 51.2 Å². The highest BCUT2D eigenvalue weighted by Gasteiger charge is 2.50. The Bertz CT molecular complexity index is 1090. The number of amides is 2. The van der Waals surface area contributed by atoms with Gasteiger partial charge in [0.25, 0.3) is 11.8 Å². The minimum atomic E-state index is -0.0746. The van der Waals surface area contributed by atoms with Gasteiger partial charge in [0.2, 0.25) is 0 Å². The molecule has 30 heavy (non-hydrogen) atoms. The molecule has 2 aliphatic heterocycles. The number of imidazole rings is 1. The number of aromatic nitrogens is 2. The van der Waals surface area contributed by atoms with Gasteiger partial charge in [-0.1, -0.05) is 24.3 Å². The first-order chi connectivity index (χ1) is 14.5. The lowest BCUT2D eigenvalue weighted by Gasteiger charge is -2.30. The second kappa shape index (κ2) is 7.16. The molecule has 0 radical (unpaired) electrons. The second-order valence-electron chi connectivity index (χ2n) is 8.29. The monoisotopic (exact) mass is 404 g/mol. The van der Waals surface area contributed by atoms with Crippen molar-refractivity contribution < 1.29 is 14.0 Å². The molecule has 0 spiro atoms. The van der Waals surface area contributed by atoms with Gasteiger partial charge >= 0.3 is 0 Å². The number of furan rings is 1. The highest BCUT2D eigenvalue weighted by Crippen LogP contribution is 2.46. The molecule has 0 bridgehead atoms. The summed E-state index contributed by atoms with van der Waals surface area (Å²) in [7, 11) is 0. The first-order valence-electron chi connectivity index (χ1n) is 10.2. The standard InChI is InChI=1S/C23H24N4O3/c1-14-5-3-4-6-18(14)21-19-12-26(22(28)16-7-8-30-13-16)10-17(19)11-27(21)23(29)20-9-24-15(2)25-20/h3-9,13,17,19,21H,10-12H2,1-2H3,(H,24,25)/t17-,19-,21-/m0/s1. The topological polar surface area (TPSA) is 82.4 Å². The Morgan fingerprint density at radius 3 is 2.63 bits per heavy atom. The molecule has 2 aromatic heterocycles. The summed E-state index contributed by atoms with van der Waals surface area (Å²) in [5.41, 5.74) is 3.38. The van der Waals surface area contributed by atoms with Crippen LogP contribution in [0.5, 0.6) is 0 Å². The number of rotatable bonds is 3. The number of fused-ring (bicyclic) bond motifs is 1. The molecule has 154 valence electrons. The van der Waals surface area contributed by atoms with Gasteiger partial charge in [0.05, 0.1) is 24.1 Å². The molecule has 3 aromatic rings. The number of aryl methyl sites for hydroxylation is 2. The van der Waals surface area contributed by atoms with Gasteiger partial charge in [0.15, 0.2) is 0 Å². The Balaban J connectivity index is 1.47. The predicted molar refractivity (Wildman–Crippen MR) is 110 cm³/mol. The Morgan fingerprint density at radius 2 is 1.93 bits per heavy atom. The summed E-state index contributed by atoms with van der Waals surface area (Å²) in [6.07, 6.45) is 4.62. The van der Waals surface area contributed by atoms with Crippen molar-refractivity contribution in [3.05, 3.63) is 77.3 Å². The van der Waals surface area contributed by atoms with E-state index in [1.807, 2.05) is 28.9 Å². The average Bonchev–Trinajstić information content (AvgIpc) is 3.51. The van der Waals surface area contributed by atoms with Crippen LogP contribution in [-0.2, 0) is 0 Å². The first-order valence-corrected chi connectivity index (χ1v) is 10.2. The van der Waals surface area contributed by atoms with Crippen molar-refractivity contribution in [2.24, 2.45) is 11.8 Å². The van der Waals surface area contributed by atoms with Gasteiger partial charge in [0, 0.05) is 31.5 Å². The van der Waals surface area contributed by atoms with Gasteiger partial charge in [-0.2, -0.15) is 0 Å². The lowest BCUT2D eigenvalue weighted by atomic mass is 9.87. The largest absolute Gasteiger partial charge is 0.472 e. The van der Waals surface area contributed by atoms with Crippen molar-refractivity contribution in [3.63, 3.8) is 0 Å². The fourth-order valence-electron chi connectivity index (χ4n) is 4.99. The maximum absolute atomic E-state index is 13.4. The van der Waals surface area contributed by atoms with E-state index in [4.69, 9.17) is 4.42 Å². The van der Waals surface area contributed by atoms with Crippen molar-refractivity contribution in [2.45, 2.75) is 19.9 Å². The van der Waals surface area contributed by atoms with Crippen LogP contribution < -0.4 is 0 Å². The Morgan fingerprint density at radius 1 is 1.10 bits per heavy atom. The number of nitrogens with zero attached hydrogens (tertiary/aromatic N) is 3.